The highest BCUT2D eigenvalue weighted by molar-refractivity contribution is 5.95. The second-order valence-electron chi connectivity index (χ2n) is 7.45. The number of benzene rings is 2. The van der Waals surface area contributed by atoms with Gasteiger partial charge in [-0.15, -0.1) is 0 Å². The molecule has 0 unspecified atom stereocenters. The van der Waals surface area contributed by atoms with Crippen LogP contribution in [0.2, 0.25) is 0 Å². The minimum absolute atomic E-state index is 0.0454. The van der Waals surface area contributed by atoms with Crippen LogP contribution in [0.5, 0.6) is 0 Å². The van der Waals surface area contributed by atoms with Crippen molar-refractivity contribution < 1.29 is 9.53 Å². The van der Waals surface area contributed by atoms with E-state index in [2.05, 4.69) is 27.3 Å². The third-order valence-electron chi connectivity index (χ3n) is 5.39. The molecule has 2 heterocycles. The molecule has 2 aromatic carbocycles. The van der Waals surface area contributed by atoms with Crippen LogP contribution in [0, 0.1) is 0 Å². The van der Waals surface area contributed by atoms with Gasteiger partial charge in [0.05, 0.1) is 13.2 Å². The number of morpholine rings is 1. The number of carbonyl (C=O) groups is 1. The van der Waals surface area contributed by atoms with Crippen LogP contribution >= 0.6 is 0 Å². The van der Waals surface area contributed by atoms with Gasteiger partial charge in [0.15, 0.2) is 0 Å². The zero-order valence-electron chi connectivity index (χ0n) is 17.1. The lowest BCUT2D eigenvalue weighted by Gasteiger charge is -2.27. The van der Waals surface area contributed by atoms with Gasteiger partial charge in [-0.2, -0.15) is 0 Å². The van der Waals surface area contributed by atoms with Crippen molar-refractivity contribution in [3.63, 3.8) is 0 Å². The number of nitrogens with one attached hydrogen (secondary N) is 1. The average molecular weight is 402 g/mol. The van der Waals surface area contributed by atoms with Gasteiger partial charge in [-0.05, 0) is 41.7 Å². The lowest BCUT2D eigenvalue weighted by atomic mass is 9.99. The molecular weight excluding hydrogens is 374 g/mol. The standard InChI is InChI=1S/C25H27N3O2/c29-25(23-9-5-4-8-22(23)12-10-20-6-2-1-3-7-20)27-19-21-11-13-24(26-18-21)28-14-16-30-17-15-28/h1-9,11,13,18H,10,12,14-17,19H2,(H,27,29). The second kappa shape index (κ2) is 10.0. The van der Waals surface area contributed by atoms with Gasteiger partial charge in [-0.25, -0.2) is 4.98 Å². The molecule has 1 N–H and O–H groups in total. The Morgan fingerprint density at radius 2 is 1.67 bits per heavy atom. The fourth-order valence-corrected chi connectivity index (χ4v) is 3.66. The minimum atomic E-state index is -0.0454. The fourth-order valence-electron chi connectivity index (χ4n) is 3.66. The highest BCUT2D eigenvalue weighted by Gasteiger charge is 2.13. The van der Waals surface area contributed by atoms with E-state index in [1.165, 1.54) is 5.56 Å². The highest BCUT2D eigenvalue weighted by Crippen LogP contribution is 2.15. The summed E-state index contributed by atoms with van der Waals surface area (Å²) in [7, 11) is 0. The lowest BCUT2D eigenvalue weighted by molar-refractivity contribution is 0.0950. The van der Waals surface area contributed by atoms with Crippen LogP contribution in [0.25, 0.3) is 0 Å². The summed E-state index contributed by atoms with van der Waals surface area (Å²) in [5.41, 5.74) is 4.08. The van der Waals surface area contributed by atoms with Gasteiger partial charge >= 0.3 is 0 Å². The molecule has 5 heteroatoms. The van der Waals surface area contributed by atoms with Crippen molar-refractivity contribution >= 4 is 11.7 Å². The number of carbonyl (C=O) groups excluding carboxylic acids is 1. The van der Waals surface area contributed by atoms with E-state index in [1.54, 1.807) is 0 Å². The van der Waals surface area contributed by atoms with Crippen LogP contribution in [0.3, 0.4) is 0 Å². The number of pyridine rings is 1. The van der Waals surface area contributed by atoms with Gasteiger partial charge in [-0.1, -0.05) is 54.6 Å². The Hall–Kier alpha value is -3.18. The van der Waals surface area contributed by atoms with Gasteiger partial charge in [0.2, 0.25) is 0 Å². The van der Waals surface area contributed by atoms with Crippen LogP contribution < -0.4 is 10.2 Å². The Bertz CT molecular complexity index is 952. The first kappa shape index (κ1) is 20.1. The number of aryl methyl sites for hydroxylation is 2. The van der Waals surface area contributed by atoms with Crippen LogP contribution in [0.15, 0.2) is 72.9 Å². The SMILES string of the molecule is O=C(NCc1ccc(N2CCOCC2)nc1)c1ccccc1CCc1ccccc1. The molecule has 0 saturated carbocycles. The molecule has 30 heavy (non-hydrogen) atoms. The molecule has 1 aliphatic rings. The van der Waals surface area contributed by atoms with Crippen LogP contribution in [-0.2, 0) is 24.1 Å². The number of hydrogen-bond acceptors (Lipinski definition) is 4. The quantitative estimate of drug-likeness (QED) is 0.657. The van der Waals surface area contributed by atoms with Gasteiger partial charge < -0.3 is 15.0 Å². The maximum atomic E-state index is 12.8. The Kier molecular flexibility index (Phi) is 6.72. The zero-order valence-corrected chi connectivity index (χ0v) is 17.1. The number of ether oxygens (including phenoxy) is 1. The van der Waals surface area contributed by atoms with E-state index < -0.39 is 0 Å². The smallest absolute Gasteiger partial charge is 0.251 e. The summed E-state index contributed by atoms with van der Waals surface area (Å²) >= 11 is 0. The topological polar surface area (TPSA) is 54.5 Å². The molecule has 1 amide bonds. The van der Waals surface area contributed by atoms with Crippen molar-refractivity contribution in [3.8, 4) is 0 Å². The minimum Gasteiger partial charge on any atom is -0.378 e. The molecule has 1 aliphatic heterocycles. The van der Waals surface area contributed by atoms with E-state index in [4.69, 9.17) is 4.74 Å². The number of amides is 1. The van der Waals surface area contributed by atoms with E-state index in [0.717, 1.165) is 61.7 Å². The Morgan fingerprint density at radius 1 is 0.900 bits per heavy atom. The van der Waals surface area contributed by atoms with Gasteiger partial charge in [0, 0.05) is 31.4 Å². The van der Waals surface area contributed by atoms with Crippen molar-refractivity contribution in [2.45, 2.75) is 19.4 Å². The molecule has 0 spiro atoms. The predicted molar refractivity (Wildman–Crippen MR) is 119 cm³/mol. The molecule has 1 saturated heterocycles. The second-order valence-corrected chi connectivity index (χ2v) is 7.45. The monoisotopic (exact) mass is 401 g/mol. The van der Waals surface area contributed by atoms with Gasteiger partial charge in [0.25, 0.3) is 5.91 Å². The largest absolute Gasteiger partial charge is 0.378 e. The molecule has 1 aromatic heterocycles. The molecule has 1 fully saturated rings. The molecule has 4 rings (SSSR count). The van der Waals surface area contributed by atoms with Crippen molar-refractivity contribution in [2.24, 2.45) is 0 Å². The summed E-state index contributed by atoms with van der Waals surface area (Å²) in [4.78, 5) is 19.6. The predicted octanol–water partition coefficient (Wildman–Crippen LogP) is 3.63. The number of aromatic nitrogens is 1. The van der Waals surface area contributed by atoms with E-state index in [9.17, 15) is 4.79 Å². The average Bonchev–Trinajstić information content (AvgIpc) is 2.83. The van der Waals surface area contributed by atoms with E-state index in [-0.39, 0.29) is 5.91 Å². The first-order valence-corrected chi connectivity index (χ1v) is 10.5. The van der Waals surface area contributed by atoms with Crippen molar-refractivity contribution in [1.82, 2.24) is 10.3 Å². The lowest BCUT2D eigenvalue weighted by Crippen LogP contribution is -2.36. The van der Waals surface area contributed by atoms with Crippen molar-refractivity contribution in [1.29, 1.82) is 0 Å². The zero-order chi connectivity index (χ0) is 20.6. The summed E-state index contributed by atoms with van der Waals surface area (Å²) in [6, 6.07) is 22.2. The maximum Gasteiger partial charge on any atom is 0.251 e. The van der Waals surface area contributed by atoms with Gasteiger partial charge in [0.1, 0.15) is 5.82 Å². The number of nitrogens with zero attached hydrogens (tertiary/aromatic N) is 2. The third-order valence-corrected chi connectivity index (χ3v) is 5.39. The Labute approximate surface area is 177 Å². The van der Waals surface area contributed by atoms with Gasteiger partial charge in [-0.3, -0.25) is 4.79 Å². The van der Waals surface area contributed by atoms with E-state index >= 15 is 0 Å². The van der Waals surface area contributed by atoms with E-state index in [1.807, 2.05) is 60.8 Å². The first-order chi connectivity index (χ1) is 14.8. The first-order valence-electron chi connectivity index (χ1n) is 10.5. The molecule has 5 nitrogen and oxygen atoms in total. The molecule has 0 radical (unpaired) electrons. The van der Waals surface area contributed by atoms with Crippen molar-refractivity contribution in [3.05, 3.63) is 95.2 Å². The van der Waals surface area contributed by atoms with Crippen LogP contribution in [0.1, 0.15) is 27.0 Å². The summed E-state index contributed by atoms with van der Waals surface area (Å²) in [5, 5.41) is 3.04. The third kappa shape index (κ3) is 5.24. The summed E-state index contributed by atoms with van der Waals surface area (Å²) in [6.07, 6.45) is 3.59. The highest BCUT2D eigenvalue weighted by atomic mass is 16.5. The molecule has 0 aliphatic carbocycles. The molecule has 154 valence electrons. The summed E-state index contributed by atoms with van der Waals surface area (Å²) < 4.78 is 5.39. The molecular formula is C25H27N3O2. The number of anilines is 1. The molecule has 3 aromatic rings. The molecule has 0 bridgehead atoms. The number of rotatable bonds is 7. The molecule has 0 atom stereocenters. The Morgan fingerprint density at radius 3 is 2.43 bits per heavy atom. The number of hydrogen-bond donors (Lipinski definition) is 1. The van der Waals surface area contributed by atoms with E-state index in [0.29, 0.717) is 6.54 Å². The van der Waals surface area contributed by atoms with Crippen molar-refractivity contribution in [2.75, 3.05) is 31.2 Å². The Balaban J connectivity index is 1.35. The normalized spacial score (nSPS) is 13.8. The van der Waals surface area contributed by atoms with Crippen LogP contribution in [-0.4, -0.2) is 37.2 Å². The summed E-state index contributed by atoms with van der Waals surface area (Å²) in [6.45, 7) is 3.67. The van der Waals surface area contributed by atoms with Crippen LogP contribution in [0.4, 0.5) is 5.82 Å². The maximum absolute atomic E-state index is 12.8. The summed E-state index contributed by atoms with van der Waals surface area (Å²) in [5.74, 6) is 0.913. The fraction of sp³-hybridized carbons (Fsp3) is 0.280.